The van der Waals surface area contributed by atoms with Gasteiger partial charge < -0.3 is 9.97 Å². The van der Waals surface area contributed by atoms with Crippen molar-refractivity contribution in [2.24, 2.45) is 0 Å². The molecule has 2 aliphatic heterocycles. The first kappa shape index (κ1) is 19.0. The van der Waals surface area contributed by atoms with Gasteiger partial charge in [0.2, 0.25) is 0 Å². The minimum Gasteiger partial charge on any atom is -0.355 e. The van der Waals surface area contributed by atoms with Crippen LogP contribution in [0.5, 0.6) is 0 Å². The topological polar surface area (TPSA) is 57.4 Å². The smallest absolute Gasteiger partial charge is 0.0659 e. The predicted molar refractivity (Wildman–Crippen MR) is 136 cm³/mol. The van der Waals surface area contributed by atoms with E-state index in [0.717, 1.165) is 51.3 Å². The van der Waals surface area contributed by atoms with Gasteiger partial charge in [0.15, 0.2) is 0 Å². The van der Waals surface area contributed by atoms with Gasteiger partial charge in [0, 0.05) is 32.5 Å². The summed E-state index contributed by atoms with van der Waals surface area (Å²) < 4.78 is 0. The highest BCUT2D eigenvalue weighted by Crippen LogP contribution is 2.36. The van der Waals surface area contributed by atoms with Crippen molar-refractivity contribution in [3.8, 4) is 10.4 Å². The average Bonchev–Trinajstić information content (AvgIpc) is 3.58. The van der Waals surface area contributed by atoms with Gasteiger partial charge in [-0.25, -0.2) is 9.97 Å². The third-order valence-electron chi connectivity index (χ3n) is 5.94. The second-order valence-electron chi connectivity index (χ2n) is 8.16. The zero-order chi connectivity index (χ0) is 21.7. The van der Waals surface area contributed by atoms with Crippen LogP contribution < -0.4 is 0 Å². The van der Waals surface area contributed by atoms with Crippen LogP contribution in [0.25, 0.3) is 56.8 Å². The summed E-state index contributed by atoms with van der Waals surface area (Å²) in [5, 5.41) is 2.28. The molecule has 4 aromatic rings. The molecule has 0 atom stereocenters. The summed E-state index contributed by atoms with van der Waals surface area (Å²) in [6, 6.07) is 14.8. The van der Waals surface area contributed by atoms with Crippen molar-refractivity contribution < 1.29 is 0 Å². The Morgan fingerprint density at radius 2 is 1.41 bits per heavy atom. The summed E-state index contributed by atoms with van der Waals surface area (Å²) in [7, 11) is 0. The third kappa shape index (κ3) is 3.41. The van der Waals surface area contributed by atoms with Gasteiger partial charge >= 0.3 is 0 Å². The van der Waals surface area contributed by atoms with Gasteiger partial charge in [-0.1, -0.05) is 6.92 Å². The molecule has 0 fully saturated rings. The Morgan fingerprint density at radius 3 is 2.09 bits per heavy atom. The lowest BCUT2D eigenvalue weighted by atomic mass is 10.1. The molecule has 156 valence electrons. The molecule has 4 aromatic heterocycles. The van der Waals surface area contributed by atoms with E-state index in [-0.39, 0.29) is 0 Å². The zero-order valence-electron chi connectivity index (χ0n) is 17.9. The highest BCUT2D eigenvalue weighted by molar-refractivity contribution is 7.14. The maximum absolute atomic E-state index is 4.80. The van der Waals surface area contributed by atoms with Crippen molar-refractivity contribution >= 4 is 57.7 Å². The first-order chi connectivity index (χ1) is 15.6. The maximum Gasteiger partial charge on any atom is 0.0659 e. The van der Waals surface area contributed by atoms with Crippen molar-refractivity contribution in [2.75, 3.05) is 0 Å². The zero-order valence-corrected chi connectivity index (χ0v) is 18.8. The minimum atomic E-state index is 0.912. The summed E-state index contributed by atoms with van der Waals surface area (Å²) in [6.07, 6.45) is 9.20. The number of nitrogens with zero attached hydrogens (tertiary/aromatic N) is 2. The lowest BCUT2D eigenvalue weighted by molar-refractivity contribution is 1.13. The number of fused-ring (bicyclic) bond motifs is 8. The number of nitrogens with one attached hydrogen (secondary N) is 2. The van der Waals surface area contributed by atoms with E-state index in [1.807, 2.05) is 35.6 Å². The summed E-state index contributed by atoms with van der Waals surface area (Å²) in [6.45, 7) is 4.44. The van der Waals surface area contributed by atoms with E-state index in [0.29, 0.717) is 0 Å². The van der Waals surface area contributed by atoms with Crippen LogP contribution in [0.15, 0.2) is 47.8 Å². The van der Waals surface area contributed by atoms with E-state index in [2.05, 4.69) is 71.7 Å². The second-order valence-corrected chi connectivity index (χ2v) is 9.04. The molecular weight excluding hydrogens is 412 g/mol. The molecule has 2 aliphatic rings. The Bertz CT molecular complexity index is 1580. The van der Waals surface area contributed by atoms with Gasteiger partial charge in [0.25, 0.3) is 0 Å². The number of aromatic nitrogens is 4. The Labute approximate surface area is 190 Å². The lowest BCUT2D eigenvalue weighted by Gasteiger charge is -1.99. The number of aryl methyl sites for hydroxylation is 1. The Morgan fingerprint density at radius 1 is 0.750 bits per heavy atom. The molecule has 6 rings (SSSR count). The van der Waals surface area contributed by atoms with E-state index in [1.165, 1.54) is 21.6 Å². The molecule has 0 radical (unpaired) electrons. The highest BCUT2D eigenvalue weighted by Gasteiger charge is 2.12. The standard InChI is InChI=1S/C27H22N4S/c1-3-17-15-32-27(16(17)2)25-13-24-12-22-7-6-20(29-22)10-18-4-5-19(28-18)11-21-8-9-23(30-21)14-26(25)31-24/h4-15,29,31H,3H2,1-2H3. The third-order valence-corrected chi connectivity index (χ3v) is 7.10. The normalized spacial score (nSPS) is 12.6. The van der Waals surface area contributed by atoms with Crippen LogP contribution in [0.2, 0.25) is 0 Å². The number of hydrogen-bond donors (Lipinski definition) is 2. The number of hydrogen-bond acceptors (Lipinski definition) is 3. The molecule has 0 unspecified atom stereocenters. The van der Waals surface area contributed by atoms with Crippen LogP contribution >= 0.6 is 11.3 Å². The van der Waals surface area contributed by atoms with E-state index < -0.39 is 0 Å². The van der Waals surface area contributed by atoms with E-state index in [1.54, 1.807) is 0 Å². The van der Waals surface area contributed by atoms with Crippen LogP contribution in [0.3, 0.4) is 0 Å². The minimum absolute atomic E-state index is 0.912. The summed E-state index contributed by atoms with van der Waals surface area (Å²) >= 11 is 1.82. The Kier molecular flexibility index (Phi) is 4.44. The molecular formula is C27H22N4S. The van der Waals surface area contributed by atoms with E-state index >= 15 is 0 Å². The largest absolute Gasteiger partial charge is 0.355 e. The quantitative estimate of drug-likeness (QED) is 0.301. The number of aromatic amines is 2. The van der Waals surface area contributed by atoms with Gasteiger partial charge in [-0.15, -0.1) is 11.3 Å². The van der Waals surface area contributed by atoms with Gasteiger partial charge in [-0.2, -0.15) is 0 Å². The first-order valence-electron chi connectivity index (χ1n) is 10.8. The fourth-order valence-corrected chi connectivity index (χ4v) is 5.48. The predicted octanol–water partition coefficient (Wildman–Crippen LogP) is 7.25. The van der Waals surface area contributed by atoms with Crippen molar-refractivity contribution in [2.45, 2.75) is 20.3 Å². The fraction of sp³-hybridized carbons (Fsp3) is 0.111. The van der Waals surface area contributed by atoms with Crippen molar-refractivity contribution in [1.82, 2.24) is 19.9 Å². The van der Waals surface area contributed by atoms with Crippen LogP contribution in [0, 0.1) is 6.92 Å². The Balaban J connectivity index is 1.67. The Hall–Kier alpha value is -3.70. The molecule has 0 aliphatic carbocycles. The molecule has 5 heteroatoms. The van der Waals surface area contributed by atoms with Crippen molar-refractivity contribution in [1.29, 1.82) is 0 Å². The average molecular weight is 435 g/mol. The molecule has 6 heterocycles. The number of H-pyrrole nitrogens is 2. The van der Waals surface area contributed by atoms with Crippen molar-refractivity contribution in [3.05, 3.63) is 81.7 Å². The monoisotopic (exact) mass is 434 g/mol. The van der Waals surface area contributed by atoms with Gasteiger partial charge in [-0.3, -0.25) is 0 Å². The molecule has 32 heavy (non-hydrogen) atoms. The number of thiophene rings is 1. The van der Waals surface area contributed by atoms with E-state index in [9.17, 15) is 0 Å². The lowest BCUT2D eigenvalue weighted by Crippen LogP contribution is -1.81. The summed E-state index contributed by atoms with van der Waals surface area (Å²) in [5.74, 6) is 0. The van der Waals surface area contributed by atoms with Crippen molar-refractivity contribution in [3.63, 3.8) is 0 Å². The first-order valence-corrected chi connectivity index (χ1v) is 11.7. The molecule has 0 amide bonds. The van der Waals surface area contributed by atoms with Crippen LogP contribution in [0.4, 0.5) is 0 Å². The maximum atomic E-state index is 4.80. The molecule has 0 saturated heterocycles. The highest BCUT2D eigenvalue weighted by atomic mass is 32.1. The van der Waals surface area contributed by atoms with Crippen LogP contribution in [0.1, 0.15) is 40.8 Å². The van der Waals surface area contributed by atoms with Crippen LogP contribution in [-0.2, 0) is 6.42 Å². The molecule has 0 saturated carbocycles. The van der Waals surface area contributed by atoms with Crippen LogP contribution in [-0.4, -0.2) is 19.9 Å². The molecule has 4 nitrogen and oxygen atoms in total. The van der Waals surface area contributed by atoms with Gasteiger partial charge in [-0.05, 0) is 96.6 Å². The second kappa shape index (κ2) is 7.46. The summed E-state index contributed by atoms with van der Waals surface area (Å²) in [5.41, 5.74) is 11.9. The van der Waals surface area contributed by atoms with E-state index in [4.69, 9.17) is 9.97 Å². The van der Waals surface area contributed by atoms with Gasteiger partial charge in [0.1, 0.15) is 0 Å². The fourth-order valence-electron chi connectivity index (χ4n) is 4.27. The molecule has 0 spiro atoms. The number of rotatable bonds is 2. The SMILES string of the molecule is CCc1csc(-c2cc3cc4ccc(cc5nc(cc6nc(cc2[nH]3)C=C6)C=C5)[nH]4)c1C. The van der Waals surface area contributed by atoms with Gasteiger partial charge in [0.05, 0.1) is 22.8 Å². The molecule has 8 bridgehead atoms. The summed E-state index contributed by atoms with van der Waals surface area (Å²) in [4.78, 5) is 17.9. The molecule has 0 aromatic carbocycles. The molecule has 2 N–H and O–H groups in total.